The van der Waals surface area contributed by atoms with E-state index in [2.05, 4.69) is 9.62 Å². The molecule has 1 saturated heterocycles. The Hall–Kier alpha value is -1.44. The maximum Gasteiger partial charge on any atom is 0.253 e. The second kappa shape index (κ2) is 6.76. The lowest BCUT2D eigenvalue weighted by Gasteiger charge is -2.35. The lowest BCUT2D eigenvalue weighted by atomic mass is 10.0. The summed E-state index contributed by atoms with van der Waals surface area (Å²) in [5, 5.41) is 0. The molecule has 1 amide bonds. The highest BCUT2D eigenvalue weighted by Gasteiger charge is 2.25. The minimum atomic E-state index is -3.53. The highest BCUT2D eigenvalue weighted by atomic mass is 32.2. The summed E-state index contributed by atoms with van der Waals surface area (Å²) in [5.41, 5.74) is 0.416. The molecule has 1 aliphatic rings. The number of benzene rings is 1. The van der Waals surface area contributed by atoms with Crippen molar-refractivity contribution in [2.24, 2.45) is 0 Å². The van der Waals surface area contributed by atoms with Crippen LogP contribution in [0.2, 0.25) is 0 Å². The summed E-state index contributed by atoms with van der Waals surface area (Å²) < 4.78 is 25.9. The predicted molar refractivity (Wildman–Crippen MR) is 85.3 cm³/mol. The number of piperidine rings is 1. The van der Waals surface area contributed by atoms with Crippen LogP contribution in [0.3, 0.4) is 0 Å². The molecule has 7 heteroatoms. The number of rotatable bonds is 4. The van der Waals surface area contributed by atoms with Gasteiger partial charge in [-0.15, -0.1) is 0 Å². The summed E-state index contributed by atoms with van der Waals surface area (Å²) in [6.07, 6.45) is 1.88. The van der Waals surface area contributed by atoms with Crippen LogP contribution in [0.1, 0.15) is 23.2 Å². The number of sulfonamides is 1. The molecule has 0 aromatic heterocycles. The summed E-state index contributed by atoms with van der Waals surface area (Å²) in [4.78, 5) is 16.6. The van der Waals surface area contributed by atoms with Crippen molar-refractivity contribution in [2.45, 2.75) is 23.8 Å². The molecule has 22 heavy (non-hydrogen) atoms. The molecule has 1 fully saturated rings. The van der Waals surface area contributed by atoms with Gasteiger partial charge >= 0.3 is 0 Å². The highest BCUT2D eigenvalue weighted by Crippen LogP contribution is 2.18. The molecule has 0 unspecified atom stereocenters. The zero-order valence-corrected chi connectivity index (χ0v) is 14.1. The number of carbonyl (C=O) groups excluding carboxylic acids is 1. The second-order valence-electron chi connectivity index (χ2n) is 5.72. The fourth-order valence-corrected chi connectivity index (χ4v) is 3.46. The van der Waals surface area contributed by atoms with Crippen molar-refractivity contribution < 1.29 is 13.2 Å². The Morgan fingerprint density at radius 2 is 1.91 bits per heavy atom. The maximum absolute atomic E-state index is 12.5. The van der Waals surface area contributed by atoms with Gasteiger partial charge in [0.05, 0.1) is 4.90 Å². The molecule has 1 aliphatic heterocycles. The van der Waals surface area contributed by atoms with Crippen LogP contribution in [0.5, 0.6) is 0 Å². The fourth-order valence-electron chi connectivity index (χ4n) is 2.68. The summed E-state index contributed by atoms with van der Waals surface area (Å²) in [6, 6.07) is 6.69. The van der Waals surface area contributed by atoms with Crippen LogP contribution in [-0.4, -0.2) is 64.4 Å². The van der Waals surface area contributed by atoms with Gasteiger partial charge in [-0.2, -0.15) is 0 Å². The van der Waals surface area contributed by atoms with E-state index in [-0.39, 0.29) is 10.8 Å². The average Bonchev–Trinajstić information content (AvgIpc) is 2.54. The van der Waals surface area contributed by atoms with E-state index in [4.69, 9.17) is 0 Å². The quantitative estimate of drug-likeness (QED) is 0.887. The highest BCUT2D eigenvalue weighted by molar-refractivity contribution is 7.89. The first-order chi connectivity index (χ1) is 10.3. The molecule has 0 bridgehead atoms. The standard InChI is InChI=1S/C15H23N3O3S/c1-16-22(20,21)14-6-4-5-12(11-14)15(19)18-9-7-13(8-10-18)17(2)3/h4-6,11,13,16H,7-10H2,1-3H3. The van der Waals surface area contributed by atoms with Gasteiger partial charge in [0.25, 0.3) is 5.91 Å². The van der Waals surface area contributed by atoms with Gasteiger partial charge in [-0.05, 0) is 52.2 Å². The van der Waals surface area contributed by atoms with E-state index in [1.807, 2.05) is 14.1 Å². The Labute approximate surface area is 132 Å². The van der Waals surface area contributed by atoms with Gasteiger partial charge in [-0.3, -0.25) is 4.79 Å². The maximum atomic E-state index is 12.5. The van der Waals surface area contributed by atoms with Crippen molar-refractivity contribution in [3.8, 4) is 0 Å². The Bertz CT molecular complexity index is 635. The molecule has 1 aromatic carbocycles. The van der Waals surface area contributed by atoms with Gasteiger partial charge in [-0.1, -0.05) is 6.07 Å². The number of carbonyl (C=O) groups is 1. The van der Waals surface area contributed by atoms with Gasteiger partial charge in [0.2, 0.25) is 10.0 Å². The van der Waals surface area contributed by atoms with Crippen LogP contribution in [0, 0.1) is 0 Å². The first kappa shape index (κ1) is 16.9. The van der Waals surface area contributed by atoms with E-state index in [1.165, 1.54) is 19.2 Å². The molecule has 0 spiro atoms. The molecular formula is C15H23N3O3S. The van der Waals surface area contributed by atoms with Crippen molar-refractivity contribution in [3.05, 3.63) is 29.8 Å². The molecule has 0 saturated carbocycles. The predicted octanol–water partition coefficient (Wildman–Crippen LogP) is 0.761. The van der Waals surface area contributed by atoms with E-state index < -0.39 is 10.0 Å². The van der Waals surface area contributed by atoms with Gasteiger partial charge in [0.15, 0.2) is 0 Å². The van der Waals surface area contributed by atoms with E-state index in [1.54, 1.807) is 17.0 Å². The number of hydrogen-bond donors (Lipinski definition) is 1. The normalized spacial score (nSPS) is 17.0. The van der Waals surface area contributed by atoms with Crippen molar-refractivity contribution in [1.29, 1.82) is 0 Å². The smallest absolute Gasteiger partial charge is 0.253 e. The van der Waals surface area contributed by atoms with Crippen LogP contribution < -0.4 is 4.72 Å². The van der Waals surface area contributed by atoms with Crippen LogP contribution >= 0.6 is 0 Å². The molecule has 0 aliphatic carbocycles. The minimum Gasteiger partial charge on any atom is -0.339 e. The zero-order valence-electron chi connectivity index (χ0n) is 13.2. The molecule has 122 valence electrons. The molecule has 0 radical (unpaired) electrons. The van der Waals surface area contributed by atoms with Crippen molar-refractivity contribution in [2.75, 3.05) is 34.2 Å². The van der Waals surface area contributed by atoms with Crippen LogP contribution in [0.25, 0.3) is 0 Å². The number of likely N-dealkylation sites (tertiary alicyclic amines) is 1. The molecule has 2 rings (SSSR count). The van der Waals surface area contributed by atoms with E-state index in [0.29, 0.717) is 24.7 Å². The third-order valence-electron chi connectivity index (χ3n) is 4.14. The lowest BCUT2D eigenvalue weighted by molar-refractivity contribution is 0.0663. The summed E-state index contributed by atoms with van der Waals surface area (Å²) in [7, 11) is 1.92. The number of hydrogen-bond acceptors (Lipinski definition) is 4. The van der Waals surface area contributed by atoms with E-state index in [0.717, 1.165) is 12.8 Å². The number of nitrogens with zero attached hydrogens (tertiary/aromatic N) is 2. The fraction of sp³-hybridized carbons (Fsp3) is 0.533. The summed E-state index contributed by atoms with van der Waals surface area (Å²) in [6.45, 7) is 1.40. The monoisotopic (exact) mass is 325 g/mol. The van der Waals surface area contributed by atoms with Crippen molar-refractivity contribution in [3.63, 3.8) is 0 Å². The third-order valence-corrected chi connectivity index (χ3v) is 5.55. The topological polar surface area (TPSA) is 69.7 Å². The third kappa shape index (κ3) is 3.66. The average molecular weight is 325 g/mol. The van der Waals surface area contributed by atoms with Gasteiger partial charge in [0.1, 0.15) is 0 Å². The molecular weight excluding hydrogens is 302 g/mol. The van der Waals surface area contributed by atoms with E-state index in [9.17, 15) is 13.2 Å². The lowest BCUT2D eigenvalue weighted by Crippen LogP contribution is -2.44. The van der Waals surface area contributed by atoms with Crippen LogP contribution in [0.4, 0.5) is 0 Å². The molecule has 1 aromatic rings. The van der Waals surface area contributed by atoms with Crippen molar-refractivity contribution in [1.82, 2.24) is 14.5 Å². The van der Waals surface area contributed by atoms with Crippen LogP contribution in [-0.2, 0) is 10.0 Å². The SMILES string of the molecule is CNS(=O)(=O)c1cccc(C(=O)N2CCC(N(C)C)CC2)c1. The first-order valence-corrected chi connectivity index (χ1v) is 8.83. The first-order valence-electron chi connectivity index (χ1n) is 7.34. The van der Waals surface area contributed by atoms with Crippen LogP contribution in [0.15, 0.2) is 29.2 Å². The number of nitrogens with one attached hydrogen (secondary N) is 1. The molecule has 6 nitrogen and oxygen atoms in total. The van der Waals surface area contributed by atoms with E-state index >= 15 is 0 Å². The Kier molecular flexibility index (Phi) is 5.20. The Morgan fingerprint density at radius 1 is 1.27 bits per heavy atom. The van der Waals surface area contributed by atoms with Crippen molar-refractivity contribution >= 4 is 15.9 Å². The van der Waals surface area contributed by atoms with Gasteiger partial charge < -0.3 is 9.80 Å². The number of amides is 1. The minimum absolute atomic E-state index is 0.106. The Balaban J connectivity index is 2.13. The summed E-state index contributed by atoms with van der Waals surface area (Å²) >= 11 is 0. The molecule has 1 heterocycles. The van der Waals surface area contributed by atoms with Gasteiger partial charge in [0, 0.05) is 24.7 Å². The largest absolute Gasteiger partial charge is 0.339 e. The Morgan fingerprint density at radius 3 is 2.45 bits per heavy atom. The zero-order chi connectivity index (χ0) is 16.3. The molecule has 1 N–H and O–H groups in total. The summed E-state index contributed by atoms with van der Waals surface area (Å²) in [5.74, 6) is -0.106. The molecule has 0 atom stereocenters. The van der Waals surface area contributed by atoms with Gasteiger partial charge in [-0.25, -0.2) is 13.1 Å². The second-order valence-corrected chi connectivity index (χ2v) is 7.61.